The number of sulfone groups is 1. The molecule has 39 heavy (non-hydrogen) atoms. The standard InChI is InChI=1S/C26H31ClN6O5S/c1-16(2)39(36,37)24-8-6-5-7-20(24)29-25-19(27)15-28-26(31-25)30-21-14-22(33(34)35)18(13-23(21)38-4)17-9-11-32(3)12-10-17/h5-8,13-17H,9-12H2,1-4H3,(H2,28,29,30,31). The summed E-state index contributed by atoms with van der Waals surface area (Å²) in [6, 6.07) is 9.62. The summed E-state index contributed by atoms with van der Waals surface area (Å²) in [6.45, 7) is 4.94. The van der Waals surface area contributed by atoms with Crippen molar-refractivity contribution in [2.24, 2.45) is 0 Å². The van der Waals surface area contributed by atoms with E-state index in [1.807, 2.05) is 7.05 Å². The number of hydrogen-bond acceptors (Lipinski definition) is 10. The summed E-state index contributed by atoms with van der Waals surface area (Å²) >= 11 is 6.34. The lowest BCUT2D eigenvalue weighted by Gasteiger charge is -2.29. The molecule has 2 heterocycles. The largest absolute Gasteiger partial charge is 0.495 e. The van der Waals surface area contributed by atoms with Gasteiger partial charge in [0.2, 0.25) is 5.95 Å². The summed E-state index contributed by atoms with van der Waals surface area (Å²) in [5, 5.41) is 17.5. The third kappa shape index (κ3) is 6.23. The van der Waals surface area contributed by atoms with E-state index in [9.17, 15) is 18.5 Å². The van der Waals surface area contributed by atoms with Crippen molar-refractivity contribution >= 4 is 50.3 Å². The van der Waals surface area contributed by atoms with Crippen molar-refractivity contribution in [3.05, 3.63) is 63.3 Å². The van der Waals surface area contributed by atoms with Crippen molar-refractivity contribution in [1.29, 1.82) is 0 Å². The van der Waals surface area contributed by atoms with Crippen LogP contribution in [0.5, 0.6) is 5.75 Å². The van der Waals surface area contributed by atoms with Crippen LogP contribution in [0.15, 0.2) is 47.5 Å². The van der Waals surface area contributed by atoms with Crippen LogP contribution in [0.2, 0.25) is 5.02 Å². The topological polar surface area (TPSA) is 140 Å². The maximum atomic E-state index is 12.9. The van der Waals surface area contributed by atoms with Gasteiger partial charge in [0, 0.05) is 11.6 Å². The van der Waals surface area contributed by atoms with E-state index in [0.717, 1.165) is 25.9 Å². The number of likely N-dealkylation sites (tertiary alicyclic amines) is 1. The van der Waals surface area contributed by atoms with Gasteiger partial charge in [0.15, 0.2) is 15.7 Å². The number of ether oxygens (including phenoxy) is 1. The number of benzene rings is 2. The Morgan fingerprint density at radius 1 is 1.15 bits per heavy atom. The number of hydrogen-bond donors (Lipinski definition) is 2. The zero-order valence-corrected chi connectivity index (χ0v) is 23.7. The predicted molar refractivity (Wildman–Crippen MR) is 151 cm³/mol. The Labute approximate surface area is 232 Å². The highest BCUT2D eigenvalue weighted by molar-refractivity contribution is 7.92. The number of nitrogens with one attached hydrogen (secondary N) is 2. The lowest BCUT2D eigenvalue weighted by atomic mass is 9.88. The van der Waals surface area contributed by atoms with Crippen LogP contribution in [0, 0.1) is 10.1 Å². The smallest absolute Gasteiger partial charge is 0.275 e. The van der Waals surface area contributed by atoms with Crippen molar-refractivity contribution < 1.29 is 18.1 Å². The molecule has 0 saturated carbocycles. The molecule has 2 N–H and O–H groups in total. The number of nitro benzene ring substituents is 1. The molecular formula is C26H31ClN6O5S. The van der Waals surface area contributed by atoms with Gasteiger partial charge in [-0.3, -0.25) is 10.1 Å². The molecule has 11 nitrogen and oxygen atoms in total. The number of nitro groups is 1. The lowest BCUT2D eigenvalue weighted by Crippen LogP contribution is -2.29. The van der Waals surface area contributed by atoms with Crippen LogP contribution in [0.25, 0.3) is 0 Å². The summed E-state index contributed by atoms with van der Waals surface area (Å²) in [4.78, 5) is 22.6. The first-order chi connectivity index (χ1) is 18.5. The van der Waals surface area contributed by atoms with Gasteiger partial charge in [-0.05, 0) is 70.9 Å². The third-order valence-electron chi connectivity index (χ3n) is 6.76. The number of methoxy groups -OCH3 is 1. The van der Waals surface area contributed by atoms with Gasteiger partial charge in [0.1, 0.15) is 10.8 Å². The molecule has 1 fully saturated rings. The number of aromatic nitrogens is 2. The lowest BCUT2D eigenvalue weighted by molar-refractivity contribution is -0.385. The molecule has 0 radical (unpaired) electrons. The normalized spacial score (nSPS) is 14.8. The molecule has 0 amide bonds. The van der Waals surface area contributed by atoms with Crippen LogP contribution in [0.4, 0.5) is 28.8 Å². The monoisotopic (exact) mass is 574 g/mol. The second-order valence-corrected chi connectivity index (χ2v) is 12.6. The summed E-state index contributed by atoms with van der Waals surface area (Å²) in [7, 11) is -0.0557. The van der Waals surface area contributed by atoms with Crippen LogP contribution < -0.4 is 15.4 Å². The van der Waals surface area contributed by atoms with E-state index in [1.54, 1.807) is 38.1 Å². The second-order valence-electron chi connectivity index (χ2n) is 9.68. The highest BCUT2D eigenvalue weighted by atomic mass is 35.5. The van der Waals surface area contributed by atoms with E-state index >= 15 is 0 Å². The minimum Gasteiger partial charge on any atom is -0.495 e. The van der Waals surface area contributed by atoms with Crippen molar-refractivity contribution in [3.8, 4) is 5.75 Å². The number of nitrogens with zero attached hydrogens (tertiary/aromatic N) is 4. The Kier molecular flexibility index (Phi) is 8.57. The fourth-order valence-electron chi connectivity index (χ4n) is 4.49. The number of anilines is 4. The van der Waals surface area contributed by atoms with Gasteiger partial charge < -0.3 is 20.3 Å². The van der Waals surface area contributed by atoms with Gasteiger partial charge in [0.05, 0.1) is 39.8 Å². The van der Waals surface area contributed by atoms with Gasteiger partial charge in [-0.15, -0.1) is 0 Å². The molecule has 0 bridgehead atoms. The summed E-state index contributed by atoms with van der Waals surface area (Å²) < 4.78 is 31.3. The highest BCUT2D eigenvalue weighted by Crippen LogP contribution is 2.41. The minimum atomic E-state index is -3.59. The Hall–Kier alpha value is -3.48. The molecule has 0 atom stereocenters. The third-order valence-corrected chi connectivity index (χ3v) is 9.25. The van der Waals surface area contributed by atoms with Crippen molar-refractivity contribution in [2.45, 2.75) is 42.8 Å². The average Bonchev–Trinajstić information content (AvgIpc) is 2.91. The fraction of sp³-hybridized carbons (Fsp3) is 0.385. The molecule has 1 aromatic heterocycles. The highest BCUT2D eigenvalue weighted by Gasteiger charge is 2.28. The predicted octanol–water partition coefficient (Wildman–Crippen LogP) is 5.53. The molecule has 1 saturated heterocycles. The van der Waals surface area contributed by atoms with Crippen LogP contribution in [0.1, 0.15) is 38.2 Å². The summed E-state index contributed by atoms with van der Waals surface area (Å²) in [6.07, 6.45) is 2.99. The second kappa shape index (κ2) is 11.7. The van der Waals surface area contributed by atoms with Crippen molar-refractivity contribution in [2.75, 3.05) is 37.9 Å². The molecule has 3 aromatic rings. The van der Waals surface area contributed by atoms with Crippen LogP contribution in [-0.2, 0) is 9.84 Å². The Bertz CT molecular complexity index is 1480. The molecule has 0 spiro atoms. The van der Waals surface area contributed by atoms with E-state index in [-0.39, 0.29) is 38.2 Å². The molecule has 1 aliphatic heterocycles. The van der Waals surface area contributed by atoms with Gasteiger partial charge in [-0.1, -0.05) is 23.7 Å². The summed E-state index contributed by atoms with van der Waals surface area (Å²) in [5.41, 5.74) is 1.26. The summed E-state index contributed by atoms with van der Waals surface area (Å²) in [5.74, 6) is 0.716. The molecule has 208 valence electrons. The molecule has 4 rings (SSSR count). The Morgan fingerprint density at radius 2 is 1.85 bits per heavy atom. The Morgan fingerprint density at radius 3 is 2.49 bits per heavy atom. The molecule has 1 aliphatic rings. The zero-order valence-electron chi connectivity index (χ0n) is 22.1. The van der Waals surface area contributed by atoms with Gasteiger partial charge in [-0.25, -0.2) is 13.4 Å². The molecule has 0 unspecified atom stereocenters. The number of para-hydroxylation sites is 1. The first-order valence-corrected chi connectivity index (χ1v) is 14.4. The minimum absolute atomic E-state index is 0.00650. The van der Waals surface area contributed by atoms with E-state index in [1.165, 1.54) is 25.4 Å². The molecule has 0 aliphatic carbocycles. The maximum Gasteiger partial charge on any atom is 0.275 e. The fourth-order valence-corrected chi connectivity index (χ4v) is 5.83. The first-order valence-electron chi connectivity index (χ1n) is 12.5. The molecule has 13 heteroatoms. The van der Waals surface area contributed by atoms with E-state index in [0.29, 0.717) is 22.7 Å². The average molecular weight is 575 g/mol. The number of piperidine rings is 1. The van der Waals surface area contributed by atoms with Gasteiger partial charge >= 0.3 is 0 Å². The van der Waals surface area contributed by atoms with E-state index in [4.69, 9.17) is 16.3 Å². The van der Waals surface area contributed by atoms with Crippen molar-refractivity contribution in [3.63, 3.8) is 0 Å². The van der Waals surface area contributed by atoms with E-state index in [2.05, 4.69) is 25.5 Å². The quantitative estimate of drug-likeness (QED) is 0.248. The molecular weight excluding hydrogens is 544 g/mol. The Balaban J connectivity index is 1.67. The van der Waals surface area contributed by atoms with Gasteiger partial charge in [0.25, 0.3) is 5.69 Å². The SMILES string of the molecule is COc1cc(C2CCN(C)CC2)c([N+](=O)[O-])cc1Nc1ncc(Cl)c(Nc2ccccc2S(=O)(=O)C(C)C)n1. The van der Waals surface area contributed by atoms with Crippen LogP contribution in [0.3, 0.4) is 0 Å². The van der Waals surface area contributed by atoms with Crippen LogP contribution >= 0.6 is 11.6 Å². The van der Waals surface area contributed by atoms with Crippen LogP contribution in [-0.4, -0.2) is 60.7 Å². The number of rotatable bonds is 9. The first kappa shape index (κ1) is 28.5. The zero-order chi connectivity index (χ0) is 28.3. The van der Waals surface area contributed by atoms with Gasteiger partial charge in [-0.2, -0.15) is 4.98 Å². The molecule has 2 aromatic carbocycles. The van der Waals surface area contributed by atoms with E-state index < -0.39 is 15.1 Å². The van der Waals surface area contributed by atoms with Crippen molar-refractivity contribution in [1.82, 2.24) is 14.9 Å². The number of halogens is 1. The maximum absolute atomic E-state index is 12.9.